The third-order valence-corrected chi connectivity index (χ3v) is 4.91. The minimum atomic E-state index is -0.391. The van der Waals surface area contributed by atoms with E-state index in [0.717, 1.165) is 17.5 Å². The fourth-order valence-electron chi connectivity index (χ4n) is 2.85. The number of carbonyl (C=O) groups excluding carboxylic acids is 2. The summed E-state index contributed by atoms with van der Waals surface area (Å²) in [6.07, 6.45) is 1.18. The predicted molar refractivity (Wildman–Crippen MR) is 130 cm³/mol. The first-order valence-electron chi connectivity index (χ1n) is 10.1. The number of hydrogen-bond acceptors (Lipinski definition) is 4. The van der Waals surface area contributed by atoms with Gasteiger partial charge < -0.3 is 15.4 Å². The second-order valence-corrected chi connectivity index (χ2v) is 8.30. The van der Waals surface area contributed by atoms with Crippen LogP contribution in [0.15, 0.2) is 36.4 Å². The fourth-order valence-corrected chi connectivity index (χ4v) is 3.24. The molecule has 0 radical (unpaired) electrons. The van der Waals surface area contributed by atoms with E-state index in [9.17, 15) is 9.59 Å². The third-order valence-electron chi connectivity index (χ3n) is 4.38. The van der Waals surface area contributed by atoms with Gasteiger partial charge in [-0.15, -0.1) is 0 Å². The summed E-state index contributed by atoms with van der Waals surface area (Å²) >= 11 is 11.4. The lowest BCUT2D eigenvalue weighted by Gasteiger charge is -2.16. The normalized spacial score (nSPS) is 10.5. The van der Waals surface area contributed by atoms with Crippen LogP contribution in [0.3, 0.4) is 0 Å². The van der Waals surface area contributed by atoms with Gasteiger partial charge >= 0.3 is 0 Å². The number of nitrogens with one attached hydrogen (secondary N) is 3. The molecule has 6 nitrogen and oxygen atoms in total. The zero-order valence-corrected chi connectivity index (χ0v) is 19.7. The van der Waals surface area contributed by atoms with Gasteiger partial charge in [-0.25, -0.2) is 0 Å². The van der Waals surface area contributed by atoms with Gasteiger partial charge in [-0.05, 0) is 66.9 Å². The molecule has 3 N–H and O–H groups in total. The molecule has 0 aliphatic heterocycles. The van der Waals surface area contributed by atoms with Crippen molar-refractivity contribution in [3.63, 3.8) is 0 Å². The number of amides is 2. The Bertz CT molecular complexity index is 963. The first-order valence-corrected chi connectivity index (χ1v) is 10.9. The van der Waals surface area contributed by atoms with E-state index in [1.165, 1.54) is 0 Å². The Kier molecular flexibility index (Phi) is 9.27. The number of carbonyl (C=O) groups is 2. The van der Waals surface area contributed by atoms with Crippen molar-refractivity contribution in [2.24, 2.45) is 0 Å². The van der Waals surface area contributed by atoms with E-state index in [4.69, 9.17) is 28.6 Å². The van der Waals surface area contributed by atoms with E-state index >= 15 is 0 Å². The molecule has 0 aromatic heterocycles. The van der Waals surface area contributed by atoms with Gasteiger partial charge in [0.15, 0.2) is 11.7 Å². The van der Waals surface area contributed by atoms with E-state index in [2.05, 4.69) is 29.8 Å². The molecule has 2 aromatic rings. The van der Waals surface area contributed by atoms with Crippen LogP contribution in [0.1, 0.15) is 50.7 Å². The summed E-state index contributed by atoms with van der Waals surface area (Å²) in [6.45, 7) is 7.87. The molecule has 2 aromatic carbocycles. The highest BCUT2D eigenvalue weighted by atomic mass is 35.5. The van der Waals surface area contributed by atoms with Crippen LogP contribution in [0.25, 0.3) is 0 Å². The van der Waals surface area contributed by atoms with Crippen molar-refractivity contribution in [3.05, 3.63) is 52.5 Å². The summed E-state index contributed by atoms with van der Waals surface area (Å²) in [4.78, 5) is 24.1. The van der Waals surface area contributed by atoms with Gasteiger partial charge in [-0.2, -0.15) is 0 Å². The molecule has 31 heavy (non-hydrogen) atoms. The lowest BCUT2D eigenvalue weighted by atomic mass is 10.0. The number of anilines is 2. The highest BCUT2D eigenvalue weighted by Gasteiger charge is 2.12. The van der Waals surface area contributed by atoms with Crippen molar-refractivity contribution in [1.82, 2.24) is 5.32 Å². The van der Waals surface area contributed by atoms with Gasteiger partial charge in [0.05, 0.1) is 10.7 Å². The monoisotopic (exact) mass is 461 g/mol. The Morgan fingerprint density at radius 1 is 1.10 bits per heavy atom. The Morgan fingerprint density at radius 2 is 1.84 bits per heavy atom. The Labute approximate surface area is 193 Å². The molecule has 0 heterocycles. The number of rotatable bonds is 8. The minimum absolute atomic E-state index is 0.0827. The van der Waals surface area contributed by atoms with Gasteiger partial charge in [0.1, 0.15) is 5.75 Å². The number of hydrogen-bond donors (Lipinski definition) is 3. The molecule has 0 unspecified atom stereocenters. The molecule has 0 aliphatic rings. The van der Waals surface area contributed by atoms with Crippen LogP contribution in [0.4, 0.5) is 11.4 Å². The second kappa shape index (κ2) is 11.7. The average Bonchev–Trinajstić information content (AvgIpc) is 2.69. The first-order chi connectivity index (χ1) is 14.7. The van der Waals surface area contributed by atoms with Crippen LogP contribution >= 0.6 is 23.8 Å². The topological polar surface area (TPSA) is 79.5 Å². The van der Waals surface area contributed by atoms with Crippen LogP contribution in [-0.2, 0) is 9.59 Å². The number of benzene rings is 2. The van der Waals surface area contributed by atoms with Gasteiger partial charge in [-0.3, -0.25) is 14.9 Å². The zero-order chi connectivity index (χ0) is 23.0. The van der Waals surface area contributed by atoms with Gasteiger partial charge in [0.25, 0.3) is 5.91 Å². The average molecular weight is 462 g/mol. The molecule has 0 fully saturated rings. The summed E-state index contributed by atoms with van der Waals surface area (Å²) in [5, 5.41) is 8.75. The molecule has 2 amide bonds. The van der Waals surface area contributed by atoms with Crippen molar-refractivity contribution in [2.45, 2.75) is 46.5 Å². The Morgan fingerprint density at radius 3 is 2.52 bits per heavy atom. The molecule has 166 valence electrons. The summed E-state index contributed by atoms with van der Waals surface area (Å²) in [7, 11) is 0. The lowest BCUT2D eigenvalue weighted by molar-refractivity contribution is -0.121. The number of ether oxygens (including phenoxy) is 1. The van der Waals surface area contributed by atoms with Crippen LogP contribution in [-0.4, -0.2) is 23.5 Å². The molecular formula is C23H28ClN3O3S. The third kappa shape index (κ3) is 7.84. The molecule has 0 aliphatic carbocycles. The van der Waals surface area contributed by atoms with Crippen LogP contribution in [0.2, 0.25) is 5.02 Å². The molecule has 0 saturated carbocycles. The predicted octanol–water partition coefficient (Wildman–Crippen LogP) is 5.40. The van der Waals surface area contributed by atoms with Crippen LogP contribution < -0.4 is 20.7 Å². The maximum Gasteiger partial charge on any atom is 0.264 e. The van der Waals surface area contributed by atoms with Crippen molar-refractivity contribution in [3.8, 4) is 5.75 Å². The quantitative estimate of drug-likeness (QED) is 0.458. The Balaban J connectivity index is 1.95. The molecular weight excluding hydrogens is 434 g/mol. The number of aryl methyl sites for hydroxylation is 1. The largest absolute Gasteiger partial charge is 0.483 e. The molecule has 0 spiro atoms. The summed E-state index contributed by atoms with van der Waals surface area (Å²) in [5.74, 6) is 0.481. The van der Waals surface area contributed by atoms with Gasteiger partial charge in [-0.1, -0.05) is 44.5 Å². The van der Waals surface area contributed by atoms with Crippen molar-refractivity contribution < 1.29 is 14.3 Å². The zero-order valence-electron chi connectivity index (χ0n) is 18.2. The van der Waals surface area contributed by atoms with E-state index < -0.39 is 5.91 Å². The van der Waals surface area contributed by atoms with E-state index in [1.807, 2.05) is 32.0 Å². The highest BCUT2D eigenvalue weighted by Crippen LogP contribution is 2.28. The SMILES string of the molecule is CCCC(=O)Nc1ccc(Cl)c(NC(=S)NC(=O)COc2cc(C)ccc2C(C)C)c1. The van der Waals surface area contributed by atoms with Crippen LogP contribution in [0, 0.1) is 6.92 Å². The maximum absolute atomic E-state index is 12.3. The van der Waals surface area contributed by atoms with E-state index in [1.54, 1.807) is 18.2 Å². The summed E-state index contributed by atoms with van der Waals surface area (Å²) in [5.41, 5.74) is 3.15. The van der Waals surface area contributed by atoms with Gasteiger partial charge in [0, 0.05) is 12.1 Å². The molecule has 8 heteroatoms. The molecule has 0 saturated heterocycles. The maximum atomic E-state index is 12.3. The smallest absolute Gasteiger partial charge is 0.264 e. The molecule has 0 bridgehead atoms. The van der Waals surface area contributed by atoms with Crippen molar-refractivity contribution in [2.75, 3.05) is 17.2 Å². The van der Waals surface area contributed by atoms with Crippen molar-refractivity contribution in [1.29, 1.82) is 0 Å². The van der Waals surface area contributed by atoms with Crippen LogP contribution in [0.5, 0.6) is 5.75 Å². The number of thiocarbonyl (C=S) groups is 1. The number of halogens is 1. The van der Waals surface area contributed by atoms with Crippen molar-refractivity contribution >= 4 is 52.1 Å². The molecule has 0 atom stereocenters. The lowest BCUT2D eigenvalue weighted by Crippen LogP contribution is -2.37. The summed E-state index contributed by atoms with van der Waals surface area (Å²) < 4.78 is 5.73. The van der Waals surface area contributed by atoms with Gasteiger partial charge in [0.2, 0.25) is 5.91 Å². The second-order valence-electron chi connectivity index (χ2n) is 7.48. The fraction of sp³-hybridized carbons (Fsp3) is 0.348. The molecule has 2 rings (SSSR count). The highest BCUT2D eigenvalue weighted by molar-refractivity contribution is 7.80. The summed E-state index contributed by atoms with van der Waals surface area (Å²) in [6, 6.07) is 10.9. The minimum Gasteiger partial charge on any atom is -0.483 e. The Hall–Kier alpha value is -2.64. The van der Waals surface area contributed by atoms with E-state index in [0.29, 0.717) is 28.6 Å². The first kappa shape index (κ1) is 24.6. The van der Waals surface area contributed by atoms with E-state index in [-0.39, 0.29) is 23.5 Å². The standard InChI is InChI=1S/C23H28ClN3O3S/c1-5-6-21(28)25-16-8-10-18(24)19(12-16)26-23(31)27-22(29)13-30-20-11-15(4)7-9-17(20)14(2)3/h7-12,14H,5-6,13H2,1-4H3,(H,25,28)(H2,26,27,29,31).